The molecule has 4 heteroatoms. The summed E-state index contributed by atoms with van der Waals surface area (Å²) in [5.74, 6) is 1.43. The van der Waals surface area contributed by atoms with Gasteiger partial charge in [-0.1, -0.05) is 6.07 Å². The van der Waals surface area contributed by atoms with Gasteiger partial charge in [-0.15, -0.1) is 0 Å². The van der Waals surface area contributed by atoms with Crippen LogP contribution in [0.25, 0.3) is 0 Å². The van der Waals surface area contributed by atoms with Crippen molar-refractivity contribution in [2.75, 3.05) is 20.8 Å². The minimum atomic E-state index is -0.370. The van der Waals surface area contributed by atoms with Crippen LogP contribution >= 0.6 is 0 Å². The maximum atomic E-state index is 9.00. The van der Waals surface area contributed by atoms with Crippen LogP contribution in [-0.4, -0.2) is 20.8 Å². The summed E-state index contributed by atoms with van der Waals surface area (Å²) in [6, 6.07) is 8.27. The van der Waals surface area contributed by atoms with Crippen LogP contribution in [0.1, 0.15) is 32.4 Å². The summed E-state index contributed by atoms with van der Waals surface area (Å²) >= 11 is 0. The summed E-state index contributed by atoms with van der Waals surface area (Å²) in [6.45, 7) is 6.54. The monoisotopic (exact) mass is 262 g/mol. The van der Waals surface area contributed by atoms with Crippen LogP contribution in [0, 0.1) is 16.7 Å². The van der Waals surface area contributed by atoms with Crippen molar-refractivity contribution in [2.24, 2.45) is 5.41 Å². The van der Waals surface area contributed by atoms with E-state index in [2.05, 4.69) is 18.3 Å². The number of rotatable bonds is 6. The molecule has 0 aliphatic carbocycles. The molecule has 0 amide bonds. The Kier molecular flexibility index (Phi) is 5.20. The molecular formula is C15H22N2O2. The molecule has 0 heterocycles. The number of benzene rings is 1. The number of nitrogens with zero attached hydrogens (tertiary/aromatic N) is 1. The summed E-state index contributed by atoms with van der Waals surface area (Å²) in [7, 11) is 3.24. The number of hydrogen-bond acceptors (Lipinski definition) is 4. The van der Waals surface area contributed by atoms with Crippen molar-refractivity contribution < 1.29 is 9.47 Å². The predicted molar refractivity (Wildman–Crippen MR) is 75.4 cm³/mol. The zero-order chi connectivity index (χ0) is 14.5. The quantitative estimate of drug-likeness (QED) is 0.856. The lowest BCUT2D eigenvalue weighted by Crippen LogP contribution is -2.30. The lowest BCUT2D eigenvalue weighted by molar-refractivity contribution is 0.353. The Bertz CT molecular complexity index is 464. The molecule has 1 unspecified atom stereocenters. The van der Waals surface area contributed by atoms with Gasteiger partial charge in [0.1, 0.15) is 0 Å². The number of nitriles is 1. The molecule has 1 aromatic rings. The van der Waals surface area contributed by atoms with E-state index in [1.54, 1.807) is 14.2 Å². The maximum absolute atomic E-state index is 9.00. The average Bonchev–Trinajstić information content (AvgIpc) is 2.44. The molecule has 0 radical (unpaired) electrons. The molecule has 0 fully saturated rings. The molecule has 1 rings (SSSR count). The standard InChI is InChI=1S/C15H22N2O2/c1-11(17-10-15(2,3)9-16)12-6-7-13(18-4)14(8-12)19-5/h6-8,11,17H,10H2,1-5H3. The zero-order valence-electron chi connectivity index (χ0n) is 12.3. The van der Waals surface area contributed by atoms with E-state index in [0.29, 0.717) is 12.3 Å². The van der Waals surface area contributed by atoms with E-state index in [4.69, 9.17) is 14.7 Å². The first-order valence-electron chi connectivity index (χ1n) is 6.30. The van der Waals surface area contributed by atoms with E-state index in [1.165, 1.54) is 0 Å². The molecular weight excluding hydrogens is 240 g/mol. The van der Waals surface area contributed by atoms with Crippen LogP contribution in [0.3, 0.4) is 0 Å². The van der Waals surface area contributed by atoms with Crippen LogP contribution < -0.4 is 14.8 Å². The molecule has 0 spiro atoms. The molecule has 0 saturated carbocycles. The van der Waals surface area contributed by atoms with Gasteiger partial charge in [0.05, 0.1) is 25.7 Å². The molecule has 0 aliphatic heterocycles. The van der Waals surface area contributed by atoms with Crippen molar-refractivity contribution in [2.45, 2.75) is 26.8 Å². The highest BCUT2D eigenvalue weighted by Gasteiger charge is 2.18. The molecule has 0 bridgehead atoms. The highest BCUT2D eigenvalue weighted by molar-refractivity contribution is 5.43. The Morgan fingerprint density at radius 2 is 1.89 bits per heavy atom. The van der Waals surface area contributed by atoms with Gasteiger partial charge in [-0.2, -0.15) is 5.26 Å². The fourth-order valence-electron chi connectivity index (χ4n) is 1.69. The van der Waals surface area contributed by atoms with Crippen molar-refractivity contribution in [3.05, 3.63) is 23.8 Å². The van der Waals surface area contributed by atoms with Gasteiger partial charge in [0, 0.05) is 12.6 Å². The molecule has 4 nitrogen and oxygen atoms in total. The highest BCUT2D eigenvalue weighted by atomic mass is 16.5. The normalized spacial score (nSPS) is 12.6. The molecule has 1 N–H and O–H groups in total. The fraction of sp³-hybridized carbons (Fsp3) is 0.533. The van der Waals surface area contributed by atoms with Crippen LogP contribution in [0.15, 0.2) is 18.2 Å². The first kappa shape index (κ1) is 15.3. The molecule has 0 saturated heterocycles. The molecule has 1 aromatic carbocycles. The van der Waals surface area contributed by atoms with Crippen LogP contribution in [0.4, 0.5) is 0 Å². The number of nitrogens with one attached hydrogen (secondary N) is 1. The van der Waals surface area contributed by atoms with Crippen LogP contribution in [0.5, 0.6) is 11.5 Å². The second-order valence-electron chi connectivity index (χ2n) is 5.21. The maximum Gasteiger partial charge on any atom is 0.161 e. The van der Waals surface area contributed by atoms with Gasteiger partial charge in [-0.05, 0) is 38.5 Å². The third-order valence-corrected chi connectivity index (χ3v) is 3.06. The van der Waals surface area contributed by atoms with Crippen molar-refractivity contribution in [3.63, 3.8) is 0 Å². The Balaban J connectivity index is 2.78. The number of ether oxygens (including phenoxy) is 2. The summed E-state index contributed by atoms with van der Waals surface area (Å²) in [5, 5.41) is 12.4. The van der Waals surface area contributed by atoms with Crippen LogP contribution in [0.2, 0.25) is 0 Å². The van der Waals surface area contributed by atoms with Gasteiger partial charge in [0.2, 0.25) is 0 Å². The van der Waals surface area contributed by atoms with E-state index < -0.39 is 0 Å². The molecule has 19 heavy (non-hydrogen) atoms. The average molecular weight is 262 g/mol. The predicted octanol–water partition coefficient (Wildman–Crippen LogP) is 2.90. The largest absolute Gasteiger partial charge is 0.493 e. The van der Waals surface area contributed by atoms with E-state index in [-0.39, 0.29) is 11.5 Å². The topological polar surface area (TPSA) is 54.3 Å². The number of methoxy groups -OCH3 is 2. The highest BCUT2D eigenvalue weighted by Crippen LogP contribution is 2.30. The lowest BCUT2D eigenvalue weighted by Gasteiger charge is -2.21. The summed E-state index contributed by atoms with van der Waals surface area (Å²) in [5.41, 5.74) is 0.733. The second kappa shape index (κ2) is 6.44. The van der Waals surface area contributed by atoms with E-state index >= 15 is 0 Å². The van der Waals surface area contributed by atoms with Gasteiger partial charge in [-0.25, -0.2) is 0 Å². The van der Waals surface area contributed by atoms with Crippen LogP contribution in [-0.2, 0) is 0 Å². The van der Waals surface area contributed by atoms with E-state index in [0.717, 1.165) is 11.3 Å². The summed E-state index contributed by atoms with van der Waals surface area (Å²) in [4.78, 5) is 0. The third-order valence-electron chi connectivity index (χ3n) is 3.06. The van der Waals surface area contributed by atoms with E-state index in [1.807, 2.05) is 32.0 Å². The molecule has 1 atom stereocenters. The second-order valence-corrected chi connectivity index (χ2v) is 5.21. The summed E-state index contributed by atoms with van der Waals surface area (Å²) in [6.07, 6.45) is 0. The van der Waals surface area contributed by atoms with Gasteiger partial charge < -0.3 is 14.8 Å². The van der Waals surface area contributed by atoms with Crippen molar-refractivity contribution in [3.8, 4) is 17.6 Å². The summed E-state index contributed by atoms with van der Waals surface area (Å²) < 4.78 is 10.5. The van der Waals surface area contributed by atoms with Gasteiger partial charge in [0.15, 0.2) is 11.5 Å². The van der Waals surface area contributed by atoms with Gasteiger partial charge >= 0.3 is 0 Å². The Hall–Kier alpha value is -1.73. The van der Waals surface area contributed by atoms with Crippen molar-refractivity contribution in [1.82, 2.24) is 5.32 Å². The Morgan fingerprint density at radius 1 is 1.26 bits per heavy atom. The minimum absolute atomic E-state index is 0.146. The third kappa shape index (κ3) is 4.15. The van der Waals surface area contributed by atoms with E-state index in [9.17, 15) is 0 Å². The Morgan fingerprint density at radius 3 is 2.42 bits per heavy atom. The first-order valence-corrected chi connectivity index (χ1v) is 6.30. The SMILES string of the molecule is COc1ccc(C(C)NCC(C)(C)C#N)cc1OC. The Labute approximate surface area is 115 Å². The molecule has 0 aromatic heterocycles. The fourth-order valence-corrected chi connectivity index (χ4v) is 1.69. The lowest BCUT2D eigenvalue weighted by atomic mass is 9.95. The zero-order valence-corrected chi connectivity index (χ0v) is 12.3. The minimum Gasteiger partial charge on any atom is -0.493 e. The van der Waals surface area contributed by atoms with Gasteiger partial charge in [-0.3, -0.25) is 0 Å². The van der Waals surface area contributed by atoms with Crippen molar-refractivity contribution >= 4 is 0 Å². The first-order chi connectivity index (χ1) is 8.93. The smallest absolute Gasteiger partial charge is 0.161 e. The van der Waals surface area contributed by atoms with Gasteiger partial charge in [0.25, 0.3) is 0 Å². The van der Waals surface area contributed by atoms with Crippen molar-refractivity contribution in [1.29, 1.82) is 5.26 Å². The molecule has 0 aliphatic rings. The number of hydrogen-bond donors (Lipinski definition) is 1. The molecule has 104 valence electrons.